The molecule has 3 rings (SSSR count). The number of rotatable bonds is 3. The Hall–Kier alpha value is -1.26. The third kappa shape index (κ3) is 2.31. The zero-order valence-electron chi connectivity index (χ0n) is 10.5. The second-order valence-electron chi connectivity index (χ2n) is 4.99. The molecule has 0 radical (unpaired) electrons. The van der Waals surface area contributed by atoms with E-state index in [0.29, 0.717) is 12.8 Å². The number of hydrogen-bond donors (Lipinski definition) is 1. The Morgan fingerprint density at radius 1 is 1.22 bits per heavy atom. The molecule has 2 heterocycles. The number of piperidine rings is 1. The average molecular weight is 249 g/mol. The molecule has 1 atom stereocenters. The quantitative estimate of drug-likeness (QED) is 0.886. The molecule has 4 nitrogen and oxygen atoms in total. The van der Waals surface area contributed by atoms with Gasteiger partial charge in [-0.05, 0) is 37.1 Å². The van der Waals surface area contributed by atoms with E-state index in [1.54, 1.807) is 0 Å². The van der Waals surface area contributed by atoms with Crippen LogP contribution < -0.4 is 9.47 Å². The van der Waals surface area contributed by atoms with Gasteiger partial charge in [-0.3, -0.25) is 4.90 Å². The Morgan fingerprint density at radius 3 is 3.00 bits per heavy atom. The van der Waals surface area contributed by atoms with Crippen molar-refractivity contribution >= 4 is 0 Å². The number of aliphatic hydroxyl groups is 1. The first-order valence-electron chi connectivity index (χ1n) is 6.60. The minimum atomic E-state index is 0.255. The molecular formula is C14H19NO3. The summed E-state index contributed by atoms with van der Waals surface area (Å²) in [5, 5.41) is 9.41. The highest BCUT2D eigenvalue weighted by atomic mass is 16.7. The van der Waals surface area contributed by atoms with Crippen molar-refractivity contribution in [2.75, 3.05) is 19.9 Å². The van der Waals surface area contributed by atoms with E-state index in [1.807, 2.05) is 12.1 Å². The normalized spacial score (nSPS) is 23.3. The Morgan fingerprint density at radius 2 is 2.11 bits per heavy atom. The van der Waals surface area contributed by atoms with Crippen LogP contribution in [0.25, 0.3) is 0 Å². The van der Waals surface area contributed by atoms with Crippen LogP contribution in [0, 0.1) is 0 Å². The zero-order chi connectivity index (χ0) is 12.4. The molecule has 0 aromatic heterocycles. The van der Waals surface area contributed by atoms with Crippen LogP contribution in [0.2, 0.25) is 0 Å². The largest absolute Gasteiger partial charge is 0.454 e. The van der Waals surface area contributed by atoms with Crippen molar-refractivity contribution in [3.8, 4) is 11.5 Å². The van der Waals surface area contributed by atoms with Crippen LogP contribution in [0.1, 0.15) is 24.8 Å². The van der Waals surface area contributed by atoms with Crippen LogP contribution >= 0.6 is 0 Å². The van der Waals surface area contributed by atoms with Crippen LogP contribution in [0.4, 0.5) is 0 Å². The summed E-state index contributed by atoms with van der Waals surface area (Å²) in [6.07, 6.45) is 3.55. The molecule has 1 aromatic rings. The highest BCUT2D eigenvalue weighted by Gasteiger charge is 2.22. The number of benzene rings is 1. The summed E-state index contributed by atoms with van der Waals surface area (Å²) in [5.74, 6) is 1.67. The summed E-state index contributed by atoms with van der Waals surface area (Å²) in [6, 6.07) is 6.40. The summed E-state index contributed by atoms with van der Waals surface area (Å²) >= 11 is 0. The lowest BCUT2D eigenvalue weighted by Gasteiger charge is -2.34. The first kappa shape index (κ1) is 11.8. The molecule has 0 amide bonds. The summed E-state index contributed by atoms with van der Waals surface area (Å²) in [7, 11) is 0. The number of fused-ring (bicyclic) bond motifs is 1. The fourth-order valence-electron chi connectivity index (χ4n) is 2.75. The number of likely N-dealkylation sites (tertiary alicyclic amines) is 1. The number of ether oxygens (including phenoxy) is 2. The summed E-state index contributed by atoms with van der Waals surface area (Å²) in [5.41, 5.74) is 1.22. The molecule has 18 heavy (non-hydrogen) atoms. The molecule has 0 spiro atoms. The highest BCUT2D eigenvalue weighted by molar-refractivity contribution is 5.44. The molecule has 0 bridgehead atoms. The average Bonchev–Trinajstić information content (AvgIpc) is 2.87. The van der Waals surface area contributed by atoms with E-state index in [9.17, 15) is 5.11 Å². The van der Waals surface area contributed by atoms with Gasteiger partial charge in [-0.1, -0.05) is 12.5 Å². The molecule has 2 aliphatic heterocycles. The second kappa shape index (κ2) is 5.16. The molecular weight excluding hydrogens is 230 g/mol. The van der Waals surface area contributed by atoms with E-state index >= 15 is 0 Å². The maximum absolute atomic E-state index is 9.41. The van der Waals surface area contributed by atoms with Gasteiger partial charge in [-0.25, -0.2) is 0 Å². The predicted octanol–water partition coefficient (Wildman–Crippen LogP) is 1.76. The van der Waals surface area contributed by atoms with Gasteiger partial charge in [-0.15, -0.1) is 0 Å². The van der Waals surface area contributed by atoms with E-state index in [2.05, 4.69) is 11.0 Å². The lowest BCUT2D eigenvalue weighted by molar-refractivity contribution is 0.0841. The van der Waals surface area contributed by atoms with E-state index in [-0.39, 0.29) is 6.61 Å². The third-order valence-corrected chi connectivity index (χ3v) is 3.78. The van der Waals surface area contributed by atoms with E-state index in [4.69, 9.17) is 9.47 Å². The molecule has 98 valence electrons. The van der Waals surface area contributed by atoms with Gasteiger partial charge in [0.05, 0.1) is 6.61 Å². The van der Waals surface area contributed by atoms with E-state index < -0.39 is 0 Å². The molecule has 4 heteroatoms. The molecule has 1 aromatic carbocycles. The fourth-order valence-corrected chi connectivity index (χ4v) is 2.75. The molecule has 0 saturated carbocycles. The third-order valence-electron chi connectivity index (χ3n) is 3.78. The van der Waals surface area contributed by atoms with Crippen molar-refractivity contribution in [2.45, 2.75) is 31.8 Å². The van der Waals surface area contributed by atoms with Crippen molar-refractivity contribution < 1.29 is 14.6 Å². The summed E-state index contributed by atoms with van der Waals surface area (Å²) < 4.78 is 10.7. The van der Waals surface area contributed by atoms with Crippen molar-refractivity contribution in [3.63, 3.8) is 0 Å². The molecule has 2 aliphatic rings. The molecule has 1 saturated heterocycles. The van der Waals surface area contributed by atoms with Crippen LogP contribution in [0.15, 0.2) is 18.2 Å². The van der Waals surface area contributed by atoms with Gasteiger partial charge in [0.15, 0.2) is 11.5 Å². The van der Waals surface area contributed by atoms with Crippen molar-refractivity contribution in [3.05, 3.63) is 23.8 Å². The van der Waals surface area contributed by atoms with Gasteiger partial charge >= 0.3 is 0 Å². The van der Waals surface area contributed by atoms with E-state index in [0.717, 1.165) is 31.0 Å². The van der Waals surface area contributed by atoms with Gasteiger partial charge in [0.2, 0.25) is 6.79 Å². The number of aliphatic hydroxyl groups excluding tert-OH is 1. The number of hydrogen-bond acceptors (Lipinski definition) is 4. The summed E-state index contributed by atoms with van der Waals surface area (Å²) in [6.45, 7) is 2.52. The lowest BCUT2D eigenvalue weighted by Crippen LogP contribution is -2.41. The van der Waals surface area contributed by atoms with Gasteiger partial charge < -0.3 is 14.6 Å². The van der Waals surface area contributed by atoms with Gasteiger partial charge in [0.25, 0.3) is 0 Å². The van der Waals surface area contributed by atoms with Crippen molar-refractivity contribution in [1.29, 1.82) is 0 Å². The van der Waals surface area contributed by atoms with Crippen LogP contribution in [-0.4, -0.2) is 36.0 Å². The first-order chi connectivity index (χ1) is 8.86. The Balaban J connectivity index is 1.71. The second-order valence-corrected chi connectivity index (χ2v) is 4.99. The maximum atomic E-state index is 9.41. The minimum absolute atomic E-state index is 0.255. The monoisotopic (exact) mass is 249 g/mol. The SMILES string of the molecule is OC[C@H]1CCCCN1Cc1ccc2c(c1)OCO2. The van der Waals surface area contributed by atoms with Crippen molar-refractivity contribution in [1.82, 2.24) is 4.90 Å². The van der Waals surface area contributed by atoms with Crippen LogP contribution in [0.3, 0.4) is 0 Å². The van der Waals surface area contributed by atoms with Gasteiger partial charge in [0.1, 0.15) is 0 Å². The molecule has 0 aliphatic carbocycles. The zero-order valence-corrected chi connectivity index (χ0v) is 10.5. The Bertz CT molecular complexity index is 422. The highest BCUT2D eigenvalue weighted by Crippen LogP contribution is 2.33. The molecule has 0 unspecified atom stereocenters. The molecule has 1 fully saturated rings. The first-order valence-corrected chi connectivity index (χ1v) is 6.60. The standard InChI is InChI=1S/C14H19NO3/c16-9-12-3-1-2-6-15(12)8-11-4-5-13-14(7-11)18-10-17-13/h4-5,7,12,16H,1-3,6,8-10H2/t12-/m1/s1. The van der Waals surface area contributed by atoms with Gasteiger partial charge in [0, 0.05) is 12.6 Å². The Kier molecular flexibility index (Phi) is 3.39. The van der Waals surface area contributed by atoms with Crippen molar-refractivity contribution in [2.24, 2.45) is 0 Å². The van der Waals surface area contributed by atoms with Crippen LogP contribution in [-0.2, 0) is 6.54 Å². The maximum Gasteiger partial charge on any atom is 0.231 e. The molecule has 1 N–H and O–H groups in total. The Labute approximate surface area is 107 Å². The predicted molar refractivity (Wildman–Crippen MR) is 67.7 cm³/mol. The topological polar surface area (TPSA) is 41.9 Å². The lowest BCUT2D eigenvalue weighted by atomic mass is 10.0. The smallest absolute Gasteiger partial charge is 0.231 e. The fraction of sp³-hybridized carbons (Fsp3) is 0.571. The summed E-state index contributed by atoms with van der Waals surface area (Å²) in [4.78, 5) is 2.36. The van der Waals surface area contributed by atoms with Gasteiger partial charge in [-0.2, -0.15) is 0 Å². The number of nitrogens with zero attached hydrogens (tertiary/aromatic N) is 1. The minimum Gasteiger partial charge on any atom is -0.454 e. The van der Waals surface area contributed by atoms with Crippen LogP contribution in [0.5, 0.6) is 11.5 Å². The van der Waals surface area contributed by atoms with E-state index in [1.165, 1.54) is 18.4 Å².